The van der Waals surface area contributed by atoms with E-state index in [0.29, 0.717) is 0 Å². The Morgan fingerprint density at radius 3 is 2.48 bits per heavy atom. The van der Waals surface area contributed by atoms with Crippen LogP contribution in [0.5, 0.6) is 0 Å². The molecule has 1 aliphatic rings. The van der Waals surface area contributed by atoms with Gasteiger partial charge in [-0.05, 0) is 50.7 Å². The second kappa shape index (κ2) is 5.35. The molecule has 23 heavy (non-hydrogen) atoms. The van der Waals surface area contributed by atoms with Crippen LogP contribution >= 0.6 is 0 Å². The van der Waals surface area contributed by atoms with Crippen molar-refractivity contribution in [3.8, 4) is 11.1 Å². The van der Waals surface area contributed by atoms with Crippen LogP contribution in [0.3, 0.4) is 0 Å². The molecule has 0 fully saturated rings. The zero-order valence-electron chi connectivity index (χ0n) is 14.3. The Morgan fingerprint density at radius 2 is 1.65 bits per heavy atom. The highest BCUT2D eigenvalue weighted by molar-refractivity contribution is 7.05. The Labute approximate surface area is 140 Å². The Hall–Kier alpha value is -1.86. The van der Waals surface area contributed by atoms with Gasteiger partial charge < -0.3 is 0 Å². The van der Waals surface area contributed by atoms with Crippen molar-refractivity contribution < 1.29 is 0 Å². The van der Waals surface area contributed by atoms with E-state index in [-0.39, 0.29) is 0 Å². The van der Waals surface area contributed by atoms with E-state index >= 15 is 0 Å². The molecule has 0 spiro atoms. The minimum Gasteiger partial charge on any atom is -0.0654 e. The normalized spacial score (nSPS) is 14.7. The van der Waals surface area contributed by atoms with Gasteiger partial charge in [-0.3, -0.25) is 0 Å². The van der Waals surface area contributed by atoms with Crippen LogP contribution in [0.15, 0.2) is 54.6 Å². The van der Waals surface area contributed by atoms with Gasteiger partial charge in [0, 0.05) is 0 Å². The molecule has 0 nitrogen and oxygen atoms in total. The molecule has 3 aromatic rings. The fourth-order valence-corrected chi connectivity index (χ4v) is 7.68. The maximum Gasteiger partial charge on any atom is 0.114 e. The molecule has 3 aromatic carbocycles. The molecule has 1 heterocycles. The van der Waals surface area contributed by atoms with Crippen molar-refractivity contribution in [2.24, 2.45) is 0 Å². The standard InChI is InChI=1S/C22H24Si/c1-4-5-8-16-11-13-19-20-14-12-17-9-6-7-10-18(17)22(20)23(2,3)21(19)15-16/h6-7,9-15H,4-5,8H2,1-3H3. The van der Waals surface area contributed by atoms with Crippen molar-refractivity contribution in [1.82, 2.24) is 0 Å². The van der Waals surface area contributed by atoms with Gasteiger partial charge in [0.2, 0.25) is 0 Å². The van der Waals surface area contributed by atoms with Gasteiger partial charge in [0.05, 0.1) is 0 Å². The molecular weight excluding hydrogens is 292 g/mol. The third kappa shape index (κ3) is 2.18. The summed E-state index contributed by atoms with van der Waals surface area (Å²) in [5.74, 6) is 0. The Kier molecular flexibility index (Phi) is 3.42. The lowest BCUT2D eigenvalue weighted by atomic mass is 9.99. The number of unbranched alkanes of at least 4 members (excludes halogenated alkanes) is 1. The van der Waals surface area contributed by atoms with Crippen molar-refractivity contribution in [3.63, 3.8) is 0 Å². The van der Waals surface area contributed by atoms with Gasteiger partial charge in [-0.15, -0.1) is 0 Å². The Balaban J connectivity index is 1.94. The quantitative estimate of drug-likeness (QED) is 0.597. The van der Waals surface area contributed by atoms with Crippen molar-refractivity contribution in [2.45, 2.75) is 39.3 Å². The molecule has 0 unspecified atom stereocenters. The molecule has 0 saturated carbocycles. The molecule has 0 atom stereocenters. The third-order valence-corrected chi connectivity index (χ3v) is 8.97. The molecule has 4 rings (SSSR count). The van der Waals surface area contributed by atoms with Gasteiger partial charge in [-0.1, -0.05) is 81.0 Å². The summed E-state index contributed by atoms with van der Waals surface area (Å²) in [6.45, 7) is 7.31. The molecule has 1 heteroatoms. The van der Waals surface area contributed by atoms with Crippen LogP contribution in [0, 0.1) is 0 Å². The van der Waals surface area contributed by atoms with Crippen LogP contribution in [-0.2, 0) is 6.42 Å². The first kappa shape index (κ1) is 14.7. The van der Waals surface area contributed by atoms with Crippen LogP contribution in [0.4, 0.5) is 0 Å². The number of fused-ring (bicyclic) bond motifs is 5. The van der Waals surface area contributed by atoms with E-state index in [4.69, 9.17) is 0 Å². The fourth-order valence-electron chi connectivity index (χ4n) is 4.18. The van der Waals surface area contributed by atoms with Crippen LogP contribution in [0.25, 0.3) is 21.9 Å². The van der Waals surface area contributed by atoms with Crippen LogP contribution in [0.2, 0.25) is 13.1 Å². The van der Waals surface area contributed by atoms with E-state index in [1.807, 2.05) is 0 Å². The molecule has 0 amide bonds. The number of aryl methyl sites for hydroxylation is 1. The van der Waals surface area contributed by atoms with E-state index in [2.05, 4.69) is 74.6 Å². The van der Waals surface area contributed by atoms with E-state index in [9.17, 15) is 0 Å². The number of benzene rings is 3. The van der Waals surface area contributed by atoms with Crippen molar-refractivity contribution in [3.05, 3.63) is 60.2 Å². The zero-order valence-corrected chi connectivity index (χ0v) is 15.3. The highest BCUT2D eigenvalue weighted by Crippen LogP contribution is 2.32. The maximum atomic E-state index is 2.52. The average molecular weight is 317 g/mol. The number of rotatable bonds is 3. The average Bonchev–Trinajstić information content (AvgIpc) is 2.81. The predicted molar refractivity (Wildman–Crippen MR) is 105 cm³/mol. The third-order valence-electron chi connectivity index (χ3n) is 5.42. The van der Waals surface area contributed by atoms with E-state index < -0.39 is 8.07 Å². The summed E-state index contributed by atoms with van der Waals surface area (Å²) in [6, 6.07) is 20.8. The zero-order chi connectivity index (χ0) is 16.0. The molecule has 116 valence electrons. The van der Waals surface area contributed by atoms with Crippen LogP contribution < -0.4 is 10.4 Å². The highest BCUT2D eigenvalue weighted by atomic mass is 28.3. The smallest absolute Gasteiger partial charge is 0.0654 e. The fraction of sp³-hybridized carbons (Fsp3) is 0.273. The summed E-state index contributed by atoms with van der Waals surface area (Å²) in [6.07, 6.45) is 3.77. The molecule has 0 bridgehead atoms. The molecule has 0 saturated heterocycles. The summed E-state index contributed by atoms with van der Waals surface area (Å²) >= 11 is 0. The largest absolute Gasteiger partial charge is 0.114 e. The first-order chi connectivity index (χ1) is 11.1. The van der Waals surface area contributed by atoms with Crippen molar-refractivity contribution in [1.29, 1.82) is 0 Å². The second-order valence-electron chi connectivity index (χ2n) is 7.32. The summed E-state index contributed by atoms with van der Waals surface area (Å²) in [5.41, 5.74) is 4.49. The van der Waals surface area contributed by atoms with Gasteiger partial charge in [0.1, 0.15) is 8.07 Å². The molecule has 0 radical (unpaired) electrons. The van der Waals surface area contributed by atoms with E-state index in [1.165, 1.54) is 46.7 Å². The minimum atomic E-state index is -1.62. The summed E-state index contributed by atoms with van der Waals surface area (Å²) in [5, 5.41) is 6.12. The van der Waals surface area contributed by atoms with Crippen LogP contribution in [0.1, 0.15) is 25.3 Å². The summed E-state index contributed by atoms with van der Waals surface area (Å²) < 4.78 is 0. The first-order valence-electron chi connectivity index (χ1n) is 8.79. The maximum absolute atomic E-state index is 2.52. The monoisotopic (exact) mass is 316 g/mol. The lowest BCUT2D eigenvalue weighted by Crippen LogP contribution is -2.49. The minimum absolute atomic E-state index is 1.21. The van der Waals surface area contributed by atoms with Gasteiger partial charge in [-0.25, -0.2) is 0 Å². The molecule has 0 N–H and O–H groups in total. The van der Waals surface area contributed by atoms with E-state index in [1.54, 1.807) is 10.4 Å². The Bertz CT molecular complexity index is 890. The molecule has 0 aromatic heterocycles. The lowest BCUT2D eigenvalue weighted by molar-refractivity contribution is 0.795. The van der Waals surface area contributed by atoms with Gasteiger partial charge >= 0.3 is 0 Å². The second-order valence-corrected chi connectivity index (χ2v) is 11.6. The summed E-state index contributed by atoms with van der Waals surface area (Å²) in [4.78, 5) is 0. The number of hydrogen-bond donors (Lipinski definition) is 0. The molecular formula is C22H24Si. The lowest BCUT2D eigenvalue weighted by Gasteiger charge is -2.21. The van der Waals surface area contributed by atoms with Gasteiger partial charge in [0.25, 0.3) is 0 Å². The molecule has 0 aliphatic carbocycles. The van der Waals surface area contributed by atoms with Crippen molar-refractivity contribution in [2.75, 3.05) is 0 Å². The van der Waals surface area contributed by atoms with Crippen molar-refractivity contribution >= 4 is 29.2 Å². The van der Waals surface area contributed by atoms with Gasteiger partial charge in [0.15, 0.2) is 0 Å². The Morgan fingerprint density at radius 1 is 0.870 bits per heavy atom. The van der Waals surface area contributed by atoms with E-state index in [0.717, 1.165) is 0 Å². The summed E-state index contributed by atoms with van der Waals surface area (Å²) in [7, 11) is -1.62. The van der Waals surface area contributed by atoms with Crippen LogP contribution in [-0.4, -0.2) is 8.07 Å². The highest BCUT2D eigenvalue weighted by Gasteiger charge is 2.38. The first-order valence-corrected chi connectivity index (χ1v) is 11.8. The SMILES string of the molecule is CCCCc1ccc2c(c1)[Si](C)(C)c1c-2ccc2ccccc12. The number of hydrogen-bond acceptors (Lipinski definition) is 0. The van der Waals surface area contributed by atoms with Gasteiger partial charge in [-0.2, -0.15) is 0 Å². The predicted octanol–water partition coefficient (Wildman–Crippen LogP) is 4.99. The molecule has 1 aliphatic heterocycles. The topological polar surface area (TPSA) is 0 Å².